The molecule has 0 radical (unpaired) electrons. The van der Waals surface area contributed by atoms with E-state index in [-0.39, 0.29) is 24.2 Å². The molecule has 1 unspecified atom stereocenters. The highest BCUT2D eigenvalue weighted by molar-refractivity contribution is 5.80. The van der Waals surface area contributed by atoms with E-state index in [1.807, 2.05) is 0 Å². The molecular weight excluding hydrogens is 316 g/mol. The van der Waals surface area contributed by atoms with Crippen LogP contribution in [0.15, 0.2) is 18.2 Å². The molecule has 0 spiro atoms. The van der Waals surface area contributed by atoms with Gasteiger partial charge in [-0.1, -0.05) is 0 Å². The van der Waals surface area contributed by atoms with Crippen molar-refractivity contribution in [3.63, 3.8) is 0 Å². The second kappa shape index (κ2) is 7.99. The monoisotopic (exact) mass is 337 g/mol. The fourth-order valence-corrected chi connectivity index (χ4v) is 2.92. The fraction of sp³-hybridized carbons (Fsp3) is 0.471. The molecule has 0 bridgehead atoms. The van der Waals surface area contributed by atoms with Crippen LogP contribution in [0.25, 0.3) is 0 Å². The predicted molar refractivity (Wildman–Crippen MR) is 85.6 cm³/mol. The Hall–Kier alpha value is -2.31. The summed E-state index contributed by atoms with van der Waals surface area (Å²) >= 11 is 0. The van der Waals surface area contributed by atoms with Gasteiger partial charge in [0.2, 0.25) is 11.8 Å². The number of likely N-dealkylation sites (tertiary alicyclic amines) is 1. The van der Waals surface area contributed by atoms with Crippen LogP contribution < -0.4 is 5.32 Å². The van der Waals surface area contributed by atoms with Gasteiger partial charge in [-0.3, -0.25) is 9.59 Å². The summed E-state index contributed by atoms with van der Waals surface area (Å²) < 4.78 is 26.8. The molecule has 1 aliphatic rings. The van der Waals surface area contributed by atoms with Crippen molar-refractivity contribution in [2.75, 3.05) is 13.1 Å². The molecule has 1 aromatic rings. The fourth-order valence-electron chi connectivity index (χ4n) is 2.92. The number of amides is 2. The number of piperidine rings is 1. The molecule has 0 saturated carbocycles. The van der Waals surface area contributed by atoms with Gasteiger partial charge in [0.15, 0.2) is 0 Å². The molecule has 24 heavy (non-hydrogen) atoms. The molecule has 1 aliphatic heterocycles. The zero-order valence-electron chi connectivity index (χ0n) is 13.5. The third-order valence-electron chi connectivity index (χ3n) is 4.27. The van der Waals surface area contributed by atoms with E-state index in [4.69, 9.17) is 5.41 Å². The Morgan fingerprint density at radius 3 is 2.38 bits per heavy atom. The lowest BCUT2D eigenvalue weighted by Crippen LogP contribution is -2.43. The van der Waals surface area contributed by atoms with Gasteiger partial charge >= 0.3 is 0 Å². The van der Waals surface area contributed by atoms with E-state index in [0.717, 1.165) is 24.4 Å². The zero-order chi connectivity index (χ0) is 17.7. The first-order valence-corrected chi connectivity index (χ1v) is 7.91. The molecule has 0 aliphatic carbocycles. The van der Waals surface area contributed by atoms with Gasteiger partial charge in [-0.25, -0.2) is 8.78 Å². The van der Waals surface area contributed by atoms with Crippen LogP contribution in [0.2, 0.25) is 0 Å². The molecule has 2 N–H and O–H groups in total. The van der Waals surface area contributed by atoms with Crippen molar-refractivity contribution in [1.82, 2.24) is 10.2 Å². The molecular formula is C17H21F2N3O2. The first-order valence-electron chi connectivity index (χ1n) is 7.91. The maximum absolute atomic E-state index is 13.4. The van der Waals surface area contributed by atoms with Crippen molar-refractivity contribution in [3.8, 4) is 0 Å². The molecule has 2 rings (SSSR count). The minimum atomic E-state index is -0.719. The van der Waals surface area contributed by atoms with Crippen LogP contribution in [0.1, 0.15) is 37.8 Å². The summed E-state index contributed by atoms with van der Waals surface area (Å²) in [4.78, 5) is 25.4. The number of rotatable bonds is 5. The lowest BCUT2D eigenvalue weighted by Gasteiger charge is -2.31. The number of carbonyl (C=O) groups is 2. The molecule has 7 heteroatoms. The summed E-state index contributed by atoms with van der Waals surface area (Å²) in [6, 6.07) is 2.45. The molecule has 0 aromatic heterocycles. The lowest BCUT2D eigenvalue weighted by atomic mass is 9.94. The molecule has 2 amide bonds. The maximum Gasteiger partial charge on any atom is 0.223 e. The minimum Gasteiger partial charge on any atom is -0.349 e. The average molecular weight is 337 g/mol. The van der Waals surface area contributed by atoms with E-state index < -0.39 is 17.7 Å². The Morgan fingerprint density at radius 1 is 1.29 bits per heavy atom. The van der Waals surface area contributed by atoms with Crippen LogP contribution in [-0.2, 0) is 9.59 Å². The molecule has 1 fully saturated rings. The number of halogens is 2. The number of nitrogens with one attached hydrogen (secondary N) is 2. The van der Waals surface area contributed by atoms with Crippen LogP contribution in [0.3, 0.4) is 0 Å². The molecule has 5 nitrogen and oxygen atoms in total. The Morgan fingerprint density at radius 2 is 1.88 bits per heavy atom. The largest absolute Gasteiger partial charge is 0.349 e. The minimum absolute atomic E-state index is 0.00854. The second-order valence-electron chi connectivity index (χ2n) is 5.98. The predicted octanol–water partition coefficient (Wildman–Crippen LogP) is 2.42. The molecule has 1 aromatic carbocycles. The zero-order valence-corrected chi connectivity index (χ0v) is 13.5. The van der Waals surface area contributed by atoms with E-state index in [0.29, 0.717) is 31.5 Å². The lowest BCUT2D eigenvalue weighted by molar-refractivity contribution is -0.134. The molecule has 1 atom stereocenters. The maximum atomic E-state index is 13.4. The third-order valence-corrected chi connectivity index (χ3v) is 4.27. The van der Waals surface area contributed by atoms with E-state index >= 15 is 0 Å². The molecule has 1 heterocycles. The first kappa shape index (κ1) is 18.0. The smallest absolute Gasteiger partial charge is 0.223 e. The standard InChI is InChI=1S/C17H21F2N3O2/c1-11(23)22-6-3-12(4-7-22)17(24)21-16(2-5-20)13-8-14(18)10-15(19)9-13/h5,8-10,12,16,20H,2-4,6-7H2,1H3,(H,21,24). The highest BCUT2D eigenvalue weighted by Crippen LogP contribution is 2.22. The Balaban J connectivity index is 2.03. The van der Waals surface area contributed by atoms with Crippen LogP contribution >= 0.6 is 0 Å². The van der Waals surface area contributed by atoms with Crippen molar-refractivity contribution in [2.24, 2.45) is 5.92 Å². The van der Waals surface area contributed by atoms with E-state index in [2.05, 4.69) is 5.32 Å². The van der Waals surface area contributed by atoms with Crippen molar-refractivity contribution >= 4 is 18.0 Å². The molecule has 1 saturated heterocycles. The normalized spacial score (nSPS) is 16.5. The first-order chi connectivity index (χ1) is 11.4. The molecule has 130 valence electrons. The van der Waals surface area contributed by atoms with Gasteiger partial charge in [-0.15, -0.1) is 0 Å². The summed E-state index contributed by atoms with van der Waals surface area (Å²) in [6.45, 7) is 2.55. The van der Waals surface area contributed by atoms with Crippen LogP contribution in [0, 0.1) is 23.0 Å². The van der Waals surface area contributed by atoms with Gasteiger partial charge < -0.3 is 15.6 Å². The summed E-state index contributed by atoms with van der Waals surface area (Å²) in [6.07, 6.45) is 2.37. The number of hydrogen-bond acceptors (Lipinski definition) is 3. The summed E-state index contributed by atoms with van der Waals surface area (Å²) in [5.41, 5.74) is 0.297. The van der Waals surface area contributed by atoms with E-state index in [1.165, 1.54) is 6.92 Å². The number of carbonyl (C=O) groups excluding carboxylic acids is 2. The van der Waals surface area contributed by atoms with Gasteiger partial charge in [-0.05, 0) is 36.8 Å². The van der Waals surface area contributed by atoms with Gasteiger partial charge in [0.25, 0.3) is 0 Å². The number of nitrogens with zero attached hydrogens (tertiary/aromatic N) is 1. The Bertz CT molecular complexity index is 608. The van der Waals surface area contributed by atoms with Gasteiger partial charge in [0, 0.05) is 38.4 Å². The topological polar surface area (TPSA) is 73.3 Å². The highest BCUT2D eigenvalue weighted by atomic mass is 19.1. The van der Waals surface area contributed by atoms with Crippen LogP contribution in [-0.4, -0.2) is 36.0 Å². The van der Waals surface area contributed by atoms with Gasteiger partial charge in [-0.2, -0.15) is 0 Å². The van der Waals surface area contributed by atoms with Gasteiger partial charge in [0.05, 0.1) is 6.04 Å². The summed E-state index contributed by atoms with van der Waals surface area (Å²) in [7, 11) is 0. The third kappa shape index (κ3) is 4.59. The van der Waals surface area contributed by atoms with E-state index in [9.17, 15) is 18.4 Å². The van der Waals surface area contributed by atoms with Crippen molar-refractivity contribution in [1.29, 1.82) is 5.41 Å². The van der Waals surface area contributed by atoms with Crippen molar-refractivity contribution in [3.05, 3.63) is 35.4 Å². The number of hydrogen-bond donors (Lipinski definition) is 2. The van der Waals surface area contributed by atoms with Crippen molar-refractivity contribution in [2.45, 2.75) is 32.2 Å². The SMILES string of the molecule is CC(=O)N1CCC(C(=O)NC(CC=N)c2cc(F)cc(F)c2)CC1. The second-order valence-corrected chi connectivity index (χ2v) is 5.98. The average Bonchev–Trinajstić information content (AvgIpc) is 2.53. The summed E-state index contributed by atoms with van der Waals surface area (Å²) in [5, 5.41) is 10.0. The summed E-state index contributed by atoms with van der Waals surface area (Å²) in [5.74, 6) is -1.90. The quantitative estimate of drug-likeness (QED) is 0.810. The van der Waals surface area contributed by atoms with E-state index in [1.54, 1.807) is 4.90 Å². The van der Waals surface area contributed by atoms with Crippen LogP contribution in [0.4, 0.5) is 8.78 Å². The highest BCUT2D eigenvalue weighted by Gasteiger charge is 2.27. The van der Waals surface area contributed by atoms with Gasteiger partial charge in [0.1, 0.15) is 11.6 Å². The number of benzene rings is 1. The van der Waals surface area contributed by atoms with Crippen molar-refractivity contribution < 1.29 is 18.4 Å². The Kier molecular flexibility index (Phi) is 6.00. The Labute approximate surface area is 139 Å². The van der Waals surface area contributed by atoms with Crippen LogP contribution in [0.5, 0.6) is 0 Å².